The molecule has 1 aliphatic rings. The smallest absolute Gasteiger partial charge is 0.0839 e. The van der Waals surface area contributed by atoms with Gasteiger partial charge in [0, 0.05) is 13.1 Å². The van der Waals surface area contributed by atoms with E-state index in [1.165, 1.54) is 19.3 Å². The quantitative estimate of drug-likeness (QED) is 0.801. The molecule has 0 amide bonds. The second kappa shape index (κ2) is 6.21. The number of hydrogen-bond donors (Lipinski definition) is 0. The third kappa shape index (κ3) is 3.16. The van der Waals surface area contributed by atoms with Crippen LogP contribution in [0.2, 0.25) is 0 Å². The van der Waals surface area contributed by atoms with Crippen LogP contribution >= 0.6 is 0 Å². The van der Waals surface area contributed by atoms with Crippen molar-refractivity contribution in [2.75, 3.05) is 19.6 Å². The number of likely N-dealkylation sites (tertiary alicyclic amines) is 1. The third-order valence-corrected chi connectivity index (χ3v) is 4.82. The van der Waals surface area contributed by atoms with Crippen molar-refractivity contribution < 1.29 is 0 Å². The molecular weight excluding hydrogens is 232 g/mol. The van der Waals surface area contributed by atoms with E-state index >= 15 is 0 Å². The molecule has 2 nitrogen and oxygen atoms in total. The van der Waals surface area contributed by atoms with Crippen molar-refractivity contribution in [1.82, 2.24) is 4.90 Å². The van der Waals surface area contributed by atoms with Crippen LogP contribution in [0.3, 0.4) is 0 Å². The van der Waals surface area contributed by atoms with Crippen molar-refractivity contribution in [2.24, 2.45) is 5.41 Å². The SMILES string of the molecule is CCC1(CC)CCN(CC(C#N)c2ccccc2)C1. The molecule has 1 aromatic carbocycles. The first-order chi connectivity index (χ1) is 9.23. The number of benzene rings is 1. The minimum absolute atomic E-state index is 0.00529. The number of rotatable bonds is 5. The molecule has 1 aliphatic heterocycles. The second-order valence-corrected chi connectivity index (χ2v) is 5.78. The van der Waals surface area contributed by atoms with Gasteiger partial charge in [-0.3, -0.25) is 0 Å². The molecule has 0 N–H and O–H groups in total. The lowest BCUT2D eigenvalue weighted by Crippen LogP contribution is -2.29. The summed E-state index contributed by atoms with van der Waals surface area (Å²) in [7, 11) is 0. The van der Waals surface area contributed by atoms with Gasteiger partial charge in [0.05, 0.1) is 12.0 Å². The van der Waals surface area contributed by atoms with Crippen LogP contribution in [0.25, 0.3) is 0 Å². The van der Waals surface area contributed by atoms with Crippen molar-refractivity contribution in [2.45, 2.75) is 39.0 Å². The summed E-state index contributed by atoms with van der Waals surface area (Å²) in [5.74, 6) is 0.00529. The fraction of sp³-hybridized carbons (Fsp3) is 0.588. The van der Waals surface area contributed by atoms with E-state index in [1.807, 2.05) is 18.2 Å². The van der Waals surface area contributed by atoms with Crippen molar-refractivity contribution in [3.05, 3.63) is 35.9 Å². The van der Waals surface area contributed by atoms with E-state index in [9.17, 15) is 5.26 Å². The Labute approximate surface area is 117 Å². The van der Waals surface area contributed by atoms with Gasteiger partial charge in [0.2, 0.25) is 0 Å². The minimum Gasteiger partial charge on any atom is -0.301 e. The summed E-state index contributed by atoms with van der Waals surface area (Å²) in [6, 6.07) is 12.6. The molecule has 1 atom stereocenters. The molecular formula is C17H24N2. The molecule has 1 saturated heterocycles. The van der Waals surface area contributed by atoms with Gasteiger partial charge in [0.25, 0.3) is 0 Å². The molecule has 1 heterocycles. The normalized spacial score (nSPS) is 20.1. The van der Waals surface area contributed by atoms with E-state index in [-0.39, 0.29) is 5.92 Å². The zero-order valence-corrected chi connectivity index (χ0v) is 12.1. The van der Waals surface area contributed by atoms with Crippen LogP contribution in [-0.2, 0) is 0 Å². The monoisotopic (exact) mass is 256 g/mol. The zero-order chi connectivity index (χ0) is 13.7. The average molecular weight is 256 g/mol. The van der Waals surface area contributed by atoms with Crippen molar-refractivity contribution in [1.29, 1.82) is 5.26 Å². The van der Waals surface area contributed by atoms with E-state index in [2.05, 4.69) is 36.9 Å². The largest absolute Gasteiger partial charge is 0.301 e. The lowest BCUT2D eigenvalue weighted by molar-refractivity contribution is 0.238. The Bertz CT molecular complexity index is 428. The van der Waals surface area contributed by atoms with Gasteiger partial charge in [-0.2, -0.15) is 5.26 Å². The van der Waals surface area contributed by atoms with Gasteiger partial charge in [0.15, 0.2) is 0 Å². The van der Waals surface area contributed by atoms with Crippen molar-refractivity contribution in [3.8, 4) is 6.07 Å². The maximum atomic E-state index is 9.41. The maximum absolute atomic E-state index is 9.41. The highest BCUT2D eigenvalue weighted by Crippen LogP contribution is 2.37. The Morgan fingerprint density at radius 3 is 2.47 bits per heavy atom. The number of nitriles is 1. The maximum Gasteiger partial charge on any atom is 0.0839 e. The van der Waals surface area contributed by atoms with Gasteiger partial charge in [-0.15, -0.1) is 0 Å². The van der Waals surface area contributed by atoms with Crippen LogP contribution in [0.15, 0.2) is 30.3 Å². The van der Waals surface area contributed by atoms with Gasteiger partial charge in [0.1, 0.15) is 0 Å². The van der Waals surface area contributed by atoms with Crippen molar-refractivity contribution in [3.63, 3.8) is 0 Å². The standard InChI is InChI=1S/C17H24N2/c1-3-17(4-2)10-11-19(14-17)13-16(12-18)15-8-6-5-7-9-15/h5-9,16H,3-4,10-11,13-14H2,1-2H3. The molecule has 19 heavy (non-hydrogen) atoms. The summed E-state index contributed by atoms with van der Waals surface area (Å²) in [5.41, 5.74) is 1.65. The molecule has 0 aliphatic carbocycles. The molecule has 102 valence electrons. The lowest BCUT2D eigenvalue weighted by atomic mass is 9.82. The van der Waals surface area contributed by atoms with E-state index in [0.717, 1.165) is 25.2 Å². The first kappa shape index (κ1) is 14.1. The van der Waals surface area contributed by atoms with Crippen LogP contribution in [0.1, 0.15) is 44.6 Å². The van der Waals surface area contributed by atoms with E-state index < -0.39 is 0 Å². The number of nitrogens with zero attached hydrogens (tertiary/aromatic N) is 2. The highest BCUT2D eigenvalue weighted by molar-refractivity contribution is 5.25. The summed E-state index contributed by atoms with van der Waals surface area (Å²) in [6.45, 7) is 7.78. The first-order valence-corrected chi connectivity index (χ1v) is 7.40. The lowest BCUT2D eigenvalue weighted by Gasteiger charge is -2.27. The third-order valence-electron chi connectivity index (χ3n) is 4.82. The van der Waals surface area contributed by atoms with Gasteiger partial charge in [-0.25, -0.2) is 0 Å². The Kier molecular flexibility index (Phi) is 4.61. The van der Waals surface area contributed by atoms with Gasteiger partial charge in [-0.05, 0) is 36.8 Å². The van der Waals surface area contributed by atoms with Gasteiger partial charge in [-0.1, -0.05) is 44.2 Å². The zero-order valence-electron chi connectivity index (χ0n) is 12.1. The molecule has 1 aromatic rings. The molecule has 2 rings (SSSR count). The van der Waals surface area contributed by atoms with Crippen LogP contribution in [-0.4, -0.2) is 24.5 Å². The van der Waals surface area contributed by atoms with Gasteiger partial charge < -0.3 is 4.90 Å². The topological polar surface area (TPSA) is 27.0 Å². The fourth-order valence-electron chi connectivity index (χ4n) is 3.18. The summed E-state index contributed by atoms with van der Waals surface area (Å²) in [6.07, 6.45) is 3.79. The number of hydrogen-bond acceptors (Lipinski definition) is 2. The van der Waals surface area contributed by atoms with Crippen LogP contribution < -0.4 is 0 Å². The molecule has 2 heteroatoms. The Hall–Kier alpha value is -1.33. The van der Waals surface area contributed by atoms with E-state index in [0.29, 0.717) is 5.41 Å². The van der Waals surface area contributed by atoms with Gasteiger partial charge >= 0.3 is 0 Å². The molecule has 0 saturated carbocycles. The summed E-state index contributed by atoms with van der Waals surface area (Å²) in [4.78, 5) is 2.48. The highest BCUT2D eigenvalue weighted by Gasteiger charge is 2.35. The Morgan fingerprint density at radius 2 is 1.95 bits per heavy atom. The Balaban J connectivity index is 2.00. The molecule has 1 fully saturated rings. The molecule has 0 aromatic heterocycles. The first-order valence-electron chi connectivity index (χ1n) is 7.40. The minimum atomic E-state index is 0.00529. The van der Waals surface area contributed by atoms with Crippen LogP contribution in [0.5, 0.6) is 0 Å². The fourth-order valence-corrected chi connectivity index (χ4v) is 3.18. The average Bonchev–Trinajstić information content (AvgIpc) is 2.90. The summed E-state index contributed by atoms with van der Waals surface area (Å²) < 4.78 is 0. The van der Waals surface area contributed by atoms with E-state index in [4.69, 9.17) is 0 Å². The Morgan fingerprint density at radius 1 is 1.26 bits per heavy atom. The predicted octanol–water partition coefficient (Wildman–Crippen LogP) is 3.81. The molecule has 0 spiro atoms. The highest BCUT2D eigenvalue weighted by atomic mass is 15.2. The molecule has 0 radical (unpaired) electrons. The predicted molar refractivity (Wildman–Crippen MR) is 78.9 cm³/mol. The van der Waals surface area contributed by atoms with Crippen molar-refractivity contribution >= 4 is 0 Å². The molecule has 0 bridgehead atoms. The summed E-state index contributed by atoms with van der Waals surface area (Å²) in [5, 5.41) is 9.41. The van der Waals surface area contributed by atoms with Crippen LogP contribution in [0, 0.1) is 16.7 Å². The molecule has 1 unspecified atom stereocenters. The van der Waals surface area contributed by atoms with E-state index in [1.54, 1.807) is 0 Å². The van der Waals surface area contributed by atoms with Crippen LogP contribution in [0.4, 0.5) is 0 Å². The summed E-state index contributed by atoms with van der Waals surface area (Å²) >= 11 is 0. The second-order valence-electron chi connectivity index (χ2n) is 5.78.